The van der Waals surface area contributed by atoms with Gasteiger partial charge in [-0.25, -0.2) is 4.79 Å². The van der Waals surface area contributed by atoms with E-state index in [-0.39, 0.29) is 5.92 Å². The number of carbonyl (C=O) groups is 1. The highest BCUT2D eigenvalue weighted by Gasteiger charge is 2.51. The first-order chi connectivity index (χ1) is 6.40. The number of urea groups is 1. The Kier molecular flexibility index (Phi) is 2.78. The molecule has 0 aromatic rings. The van der Waals surface area contributed by atoms with Gasteiger partial charge < -0.3 is 5.73 Å². The summed E-state index contributed by atoms with van der Waals surface area (Å²) in [5, 5.41) is 7.92. The molecule has 5 heteroatoms. The highest BCUT2D eigenvalue weighted by atomic mass is 16.2. The first-order valence-electron chi connectivity index (χ1n) is 4.91. The van der Waals surface area contributed by atoms with Crippen LogP contribution in [0.15, 0.2) is 10.2 Å². The van der Waals surface area contributed by atoms with Crippen LogP contribution in [0.5, 0.6) is 0 Å². The van der Waals surface area contributed by atoms with Gasteiger partial charge in [0.2, 0.25) is 0 Å². The van der Waals surface area contributed by atoms with E-state index in [2.05, 4.69) is 10.2 Å². The zero-order chi connectivity index (χ0) is 10.9. The zero-order valence-electron chi connectivity index (χ0n) is 9.19. The molecule has 1 aliphatic heterocycles. The first-order valence-corrected chi connectivity index (χ1v) is 4.91. The van der Waals surface area contributed by atoms with Crippen molar-refractivity contribution in [3.63, 3.8) is 0 Å². The number of primary amides is 1. The van der Waals surface area contributed by atoms with Crippen LogP contribution >= 0.6 is 0 Å². The van der Waals surface area contributed by atoms with Gasteiger partial charge in [0, 0.05) is 12.5 Å². The van der Waals surface area contributed by atoms with Gasteiger partial charge in [-0.15, -0.1) is 10.2 Å². The van der Waals surface area contributed by atoms with E-state index in [4.69, 9.17) is 5.73 Å². The summed E-state index contributed by atoms with van der Waals surface area (Å²) in [6, 6.07) is -0.447. The Morgan fingerprint density at radius 3 is 2.07 bits per heavy atom. The fourth-order valence-electron chi connectivity index (χ4n) is 1.45. The SMILES string of the molecule is CC(C)CN(C(N)=O)C1(C(C)C)N=N1. The third-order valence-electron chi connectivity index (χ3n) is 2.29. The molecule has 5 nitrogen and oxygen atoms in total. The Hall–Kier alpha value is -1.13. The van der Waals surface area contributed by atoms with Crippen molar-refractivity contribution in [3.8, 4) is 0 Å². The van der Waals surface area contributed by atoms with E-state index in [1.54, 1.807) is 4.90 Å². The van der Waals surface area contributed by atoms with E-state index in [0.717, 1.165) is 0 Å². The molecule has 0 spiro atoms. The molecule has 2 amide bonds. The highest BCUT2D eigenvalue weighted by molar-refractivity contribution is 5.73. The minimum atomic E-state index is -0.671. The van der Waals surface area contributed by atoms with E-state index < -0.39 is 11.8 Å². The van der Waals surface area contributed by atoms with Crippen molar-refractivity contribution in [2.24, 2.45) is 27.8 Å². The maximum absolute atomic E-state index is 11.3. The fourth-order valence-corrected chi connectivity index (χ4v) is 1.45. The maximum Gasteiger partial charge on any atom is 0.318 e. The molecule has 0 aromatic heterocycles. The lowest BCUT2D eigenvalue weighted by molar-refractivity contribution is 0.129. The van der Waals surface area contributed by atoms with Crippen molar-refractivity contribution in [2.45, 2.75) is 33.5 Å². The van der Waals surface area contributed by atoms with Gasteiger partial charge in [-0.05, 0) is 5.92 Å². The molecule has 0 atom stereocenters. The second-order valence-electron chi connectivity index (χ2n) is 4.38. The lowest BCUT2D eigenvalue weighted by Crippen LogP contribution is -2.50. The van der Waals surface area contributed by atoms with E-state index in [9.17, 15) is 4.79 Å². The third-order valence-corrected chi connectivity index (χ3v) is 2.29. The van der Waals surface area contributed by atoms with Crippen molar-refractivity contribution in [3.05, 3.63) is 0 Å². The molecule has 0 aliphatic carbocycles. The van der Waals surface area contributed by atoms with Crippen molar-refractivity contribution in [1.82, 2.24) is 4.90 Å². The number of carbonyl (C=O) groups excluding carboxylic acids is 1. The summed E-state index contributed by atoms with van der Waals surface area (Å²) in [5.74, 6) is -0.131. The van der Waals surface area contributed by atoms with E-state index in [1.807, 2.05) is 27.7 Å². The van der Waals surface area contributed by atoms with Crippen molar-refractivity contribution in [1.29, 1.82) is 0 Å². The van der Waals surface area contributed by atoms with Gasteiger partial charge in [-0.2, -0.15) is 0 Å². The average Bonchev–Trinajstić information content (AvgIpc) is 2.79. The molecule has 1 heterocycles. The molecule has 0 fully saturated rings. The molecule has 80 valence electrons. The van der Waals surface area contributed by atoms with Gasteiger partial charge in [-0.1, -0.05) is 27.7 Å². The Balaban J connectivity index is 2.73. The Morgan fingerprint density at radius 1 is 1.36 bits per heavy atom. The molecule has 0 unspecified atom stereocenters. The number of hydrogen-bond donors (Lipinski definition) is 1. The monoisotopic (exact) mass is 198 g/mol. The number of hydrogen-bond acceptors (Lipinski definition) is 3. The molecular formula is C9H18N4O. The van der Waals surface area contributed by atoms with Crippen molar-refractivity contribution < 1.29 is 4.79 Å². The molecule has 0 aromatic carbocycles. The standard InChI is InChI=1S/C9H18N4O/c1-6(2)5-13(8(10)14)9(7(3)4)11-12-9/h6-7H,5H2,1-4H3,(H2,10,14). The van der Waals surface area contributed by atoms with Crippen LogP contribution in [0.3, 0.4) is 0 Å². The summed E-state index contributed by atoms with van der Waals surface area (Å²) in [7, 11) is 0. The van der Waals surface area contributed by atoms with Gasteiger partial charge in [0.1, 0.15) is 0 Å². The second kappa shape index (κ2) is 3.55. The van der Waals surface area contributed by atoms with Crippen LogP contribution in [0.4, 0.5) is 4.79 Å². The van der Waals surface area contributed by atoms with E-state index in [0.29, 0.717) is 12.5 Å². The Bertz CT molecular complexity index is 254. The Labute approximate surface area is 84.4 Å². The van der Waals surface area contributed by atoms with Crippen LogP contribution in [0, 0.1) is 11.8 Å². The van der Waals surface area contributed by atoms with Crippen molar-refractivity contribution in [2.75, 3.05) is 6.54 Å². The highest BCUT2D eigenvalue weighted by Crippen LogP contribution is 2.39. The zero-order valence-corrected chi connectivity index (χ0v) is 9.19. The topological polar surface area (TPSA) is 71.0 Å². The largest absolute Gasteiger partial charge is 0.351 e. The third kappa shape index (κ3) is 1.86. The predicted octanol–water partition coefficient (Wildman–Crippen LogP) is 1.80. The minimum Gasteiger partial charge on any atom is -0.351 e. The fraction of sp³-hybridized carbons (Fsp3) is 0.889. The van der Waals surface area contributed by atoms with E-state index in [1.165, 1.54) is 0 Å². The molecule has 0 bridgehead atoms. The van der Waals surface area contributed by atoms with Crippen LogP contribution in [0.1, 0.15) is 27.7 Å². The smallest absolute Gasteiger partial charge is 0.318 e. The lowest BCUT2D eigenvalue weighted by atomic mass is 10.1. The van der Waals surface area contributed by atoms with Crippen LogP contribution in [0.2, 0.25) is 0 Å². The quantitative estimate of drug-likeness (QED) is 0.735. The summed E-state index contributed by atoms with van der Waals surface area (Å²) >= 11 is 0. The summed E-state index contributed by atoms with van der Waals surface area (Å²) in [5.41, 5.74) is 5.32. The maximum atomic E-state index is 11.3. The predicted molar refractivity (Wildman–Crippen MR) is 53.6 cm³/mol. The summed E-state index contributed by atoms with van der Waals surface area (Å²) in [4.78, 5) is 12.8. The molecule has 0 radical (unpaired) electrons. The van der Waals surface area contributed by atoms with E-state index >= 15 is 0 Å². The molecule has 0 saturated carbocycles. The second-order valence-corrected chi connectivity index (χ2v) is 4.38. The average molecular weight is 198 g/mol. The normalized spacial score (nSPS) is 17.6. The molecule has 1 aliphatic rings. The molecule has 0 saturated heterocycles. The van der Waals surface area contributed by atoms with Gasteiger partial charge in [-0.3, -0.25) is 4.90 Å². The van der Waals surface area contributed by atoms with Gasteiger partial charge in [0.25, 0.3) is 5.79 Å². The summed E-state index contributed by atoms with van der Waals surface area (Å²) in [6.45, 7) is 8.63. The van der Waals surface area contributed by atoms with Crippen LogP contribution in [0.25, 0.3) is 0 Å². The Morgan fingerprint density at radius 2 is 1.86 bits per heavy atom. The number of amides is 2. The lowest BCUT2D eigenvalue weighted by Gasteiger charge is -2.30. The molecule has 2 N–H and O–H groups in total. The summed E-state index contributed by atoms with van der Waals surface area (Å²) in [6.07, 6.45) is 0. The van der Waals surface area contributed by atoms with Crippen molar-refractivity contribution >= 4 is 6.03 Å². The van der Waals surface area contributed by atoms with Gasteiger partial charge in [0.05, 0.1) is 0 Å². The van der Waals surface area contributed by atoms with Crippen LogP contribution < -0.4 is 5.73 Å². The first kappa shape index (κ1) is 10.9. The van der Waals surface area contributed by atoms with Crippen LogP contribution in [-0.4, -0.2) is 23.3 Å². The van der Waals surface area contributed by atoms with Crippen LogP contribution in [-0.2, 0) is 0 Å². The number of nitrogens with two attached hydrogens (primary N) is 1. The molecule has 1 rings (SSSR count). The summed E-state index contributed by atoms with van der Waals surface area (Å²) < 4.78 is 0. The number of nitrogens with zero attached hydrogens (tertiary/aromatic N) is 3. The number of rotatable bonds is 4. The van der Waals surface area contributed by atoms with Gasteiger partial charge >= 0.3 is 6.03 Å². The van der Waals surface area contributed by atoms with Gasteiger partial charge in [0.15, 0.2) is 0 Å². The molecule has 14 heavy (non-hydrogen) atoms. The minimum absolute atomic E-state index is 0.175. The molecular weight excluding hydrogens is 180 g/mol.